The van der Waals surface area contributed by atoms with Crippen molar-refractivity contribution in [3.8, 4) is 5.75 Å². The number of benzene rings is 1. The van der Waals surface area contributed by atoms with Gasteiger partial charge in [0.1, 0.15) is 5.75 Å². The number of hydrogen-bond acceptors (Lipinski definition) is 6. The molecule has 1 heterocycles. The van der Waals surface area contributed by atoms with Crippen molar-refractivity contribution in [2.24, 2.45) is 5.10 Å². The highest BCUT2D eigenvalue weighted by atomic mass is 79.9. The molecule has 0 fully saturated rings. The van der Waals surface area contributed by atoms with E-state index in [9.17, 15) is 14.9 Å². The quantitative estimate of drug-likeness (QED) is 0.471. The summed E-state index contributed by atoms with van der Waals surface area (Å²) in [5, 5.41) is 14.3. The molecule has 7 nitrogen and oxygen atoms in total. The molecule has 22 heavy (non-hydrogen) atoms. The number of hydrazone groups is 1. The molecule has 2 aromatic rings. The van der Waals surface area contributed by atoms with Crippen LogP contribution in [0.15, 0.2) is 46.0 Å². The molecule has 0 atom stereocenters. The summed E-state index contributed by atoms with van der Waals surface area (Å²) < 4.78 is 6.13. The van der Waals surface area contributed by atoms with Gasteiger partial charge in [-0.15, -0.1) is 0 Å². The molecule has 0 bridgehead atoms. The van der Waals surface area contributed by atoms with E-state index in [1.807, 2.05) is 6.07 Å². The molecule has 0 aliphatic heterocycles. The molecule has 0 saturated heterocycles. The molecule has 0 aliphatic carbocycles. The Kier molecular flexibility index (Phi) is 5.61. The van der Waals surface area contributed by atoms with E-state index in [4.69, 9.17) is 4.74 Å². The number of nitrogens with one attached hydrogen (secondary N) is 1. The van der Waals surface area contributed by atoms with E-state index in [2.05, 4.69) is 26.5 Å². The Hall–Kier alpha value is -2.26. The molecule has 9 heteroatoms. The van der Waals surface area contributed by atoms with E-state index in [0.717, 1.165) is 15.8 Å². The van der Waals surface area contributed by atoms with E-state index in [-0.39, 0.29) is 11.6 Å². The number of rotatable bonds is 6. The molecule has 0 unspecified atom stereocenters. The van der Waals surface area contributed by atoms with Crippen LogP contribution in [-0.4, -0.2) is 23.7 Å². The predicted octanol–water partition coefficient (Wildman–Crippen LogP) is 2.95. The zero-order valence-corrected chi connectivity index (χ0v) is 13.5. The third kappa shape index (κ3) is 4.93. The van der Waals surface area contributed by atoms with Crippen molar-refractivity contribution >= 4 is 44.4 Å². The van der Waals surface area contributed by atoms with E-state index in [1.54, 1.807) is 24.3 Å². The van der Waals surface area contributed by atoms with Gasteiger partial charge in [0.15, 0.2) is 6.61 Å². The lowest BCUT2D eigenvalue weighted by Crippen LogP contribution is -2.24. The first kappa shape index (κ1) is 16.1. The van der Waals surface area contributed by atoms with Gasteiger partial charge in [-0.2, -0.15) is 5.10 Å². The standard InChI is InChI=1S/C13H10BrN3O4S/c14-9-2-1-3-10(6-9)21-8-12(18)16-15-7-11-4-5-13(22-11)17(19)20/h1-7H,8H2,(H,16,18)/b15-7+. The number of amides is 1. The summed E-state index contributed by atoms with van der Waals surface area (Å²) in [4.78, 5) is 22.2. The Balaban J connectivity index is 1.79. The van der Waals surface area contributed by atoms with Crippen LogP contribution in [0.2, 0.25) is 0 Å². The number of nitrogens with zero attached hydrogens (tertiary/aromatic N) is 2. The van der Waals surface area contributed by atoms with Crippen LogP contribution < -0.4 is 10.2 Å². The third-order valence-electron chi connectivity index (χ3n) is 2.34. The van der Waals surface area contributed by atoms with Crippen LogP contribution in [0, 0.1) is 10.1 Å². The number of hydrogen-bond donors (Lipinski definition) is 1. The van der Waals surface area contributed by atoms with Gasteiger partial charge in [0, 0.05) is 10.5 Å². The minimum absolute atomic E-state index is 0.0192. The van der Waals surface area contributed by atoms with E-state index in [1.165, 1.54) is 12.3 Å². The Morgan fingerprint density at radius 3 is 2.95 bits per heavy atom. The lowest BCUT2D eigenvalue weighted by Gasteiger charge is -2.04. The van der Waals surface area contributed by atoms with Crippen LogP contribution in [-0.2, 0) is 4.79 Å². The van der Waals surface area contributed by atoms with E-state index >= 15 is 0 Å². The van der Waals surface area contributed by atoms with Crippen LogP contribution in [0.4, 0.5) is 5.00 Å². The maximum absolute atomic E-state index is 11.5. The van der Waals surface area contributed by atoms with Gasteiger partial charge < -0.3 is 4.74 Å². The van der Waals surface area contributed by atoms with Crippen LogP contribution >= 0.6 is 27.3 Å². The first-order valence-corrected chi connectivity index (χ1v) is 7.60. The van der Waals surface area contributed by atoms with Gasteiger partial charge in [-0.1, -0.05) is 33.3 Å². The average Bonchev–Trinajstić information content (AvgIpc) is 2.94. The largest absolute Gasteiger partial charge is 0.484 e. The summed E-state index contributed by atoms with van der Waals surface area (Å²) >= 11 is 4.27. The second-order valence-electron chi connectivity index (χ2n) is 3.97. The van der Waals surface area contributed by atoms with E-state index in [0.29, 0.717) is 10.6 Å². The van der Waals surface area contributed by atoms with Gasteiger partial charge in [0.25, 0.3) is 5.91 Å². The first-order chi connectivity index (χ1) is 10.5. The summed E-state index contributed by atoms with van der Waals surface area (Å²) in [5.41, 5.74) is 2.29. The highest BCUT2D eigenvalue weighted by molar-refractivity contribution is 9.10. The van der Waals surface area contributed by atoms with Crippen molar-refractivity contribution in [1.82, 2.24) is 5.43 Å². The van der Waals surface area contributed by atoms with Crippen LogP contribution in [0.1, 0.15) is 4.88 Å². The Morgan fingerprint density at radius 1 is 1.45 bits per heavy atom. The second kappa shape index (κ2) is 7.66. The molecule has 0 saturated carbocycles. The Labute approximate surface area is 137 Å². The summed E-state index contributed by atoms with van der Waals surface area (Å²) in [6.07, 6.45) is 1.34. The van der Waals surface area contributed by atoms with Crippen molar-refractivity contribution < 1.29 is 14.5 Å². The fraction of sp³-hybridized carbons (Fsp3) is 0.0769. The predicted molar refractivity (Wildman–Crippen MR) is 86.3 cm³/mol. The molecule has 0 radical (unpaired) electrons. The third-order valence-corrected chi connectivity index (χ3v) is 3.80. The topological polar surface area (TPSA) is 93.8 Å². The smallest absolute Gasteiger partial charge is 0.324 e. The van der Waals surface area contributed by atoms with Gasteiger partial charge in [-0.3, -0.25) is 14.9 Å². The molecule has 0 aliphatic rings. The maximum Gasteiger partial charge on any atom is 0.324 e. The van der Waals surface area contributed by atoms with Gasteiger partial charge in [-0.25, -0.2) is 5.43 Å². The van der Waals surface area contributed by atoms with Crippen LogP contribution in [0.5, 0.6) is 5.75 Å². The monoisotopic (exact) mass is 383 g/mol. The van der Waals surface area contributed by atoms with Crippen molar-refractivity contribution in [2.75, 3.05) is 6.61 Å². The Bertz CT molecular complexity index is 717. The first-order valence-electron chi connectivity index (χ1n) is 5.99. The Morgan fingerprint density at radius 2 is 2.27 bits per heavy atom. The molecular weight excluding hydrogens is 374 g/mol. The van der Waals surface area contributed by atoms with Crippen molar-refractivity contribution in [3.05, 3.63) is 55.9 Å². The highest BCUT2D eigenvalue weighted by Gasteiger charge is 2.08. The molecule has 1 aromatic carbocycles. The molecule has 1 amide bonds. The minimum Gasteiger partial charge on any atom is -0.484 e. The lowest BCUT2D eigenvalue weighted by atomic mass is 10.3. The maximum atomic E-state index is 11.5. The van der Waals surface area contributed by atoms with Crippen molar-refractivity contribution in [3.63, 3.8) is 0 Å². The van der Waals surface area contributed by atoms with Gasteiger partial charge in [0.2, 0.25) is 0 Å². The van der Waals surface area contributed by atoms with Crippen molar-refractivity contribution in [2.45, 2.75) is 0 Å². The summed E-state index contributed by atoms with van der Waals surface area (Å²) in [5.74, 6) is 0.129. The molecule has 0 spiro atoms. The SMILES string of the molecule is O=C(COc1cccc(Br)c1)N/N=C/c1ccc([N+](=O)[O-])s1. The number of nitro groups is 1. The van der Waals surface area contributed by atoms with Crippen LogP contribution in [0.25, 0.3) is 0 Å². The summed E-state index contributed by atoms with van der Waals surface area (Å²) in [6, 6.07) is 10.0. The fourth-order valence-corrected chi connectivity index (χ4v) is 2.49. The number of halogens is 1. The second-order valence-corrected chi connectivity index (χ2v) is 5.98. The zero-order chi connectivity index (χ0) is 15.9. The van der Waals surface area contributed by atoms with Crippen molar-refractivity contribution in [1.29, 1.82) is 0 Å². The summed E-state index contributed by atoms with van der Waals surface area (Å²) in [7, 11) is 0. The molecule has 114 valence electrons. The van der Waals surface area contributed by atoms with Gasteiger partial charge >= 0.3 is 5.00 Å². The van der Waals surface area contributed by atoms with Gasteiger partial charge in [-0.05, 0) is 24.3 Å². The molecule has 1 aromatic heterocycles. The fourth-order valence-electron chi connectivity index (χ4n) is 1.42. The lowest BCUT2D eigenvalue weighted by molar-refractivity contribution is -0.380. The van der Waals surface area contributed by atoms with Gasteiger partial charge in [0.05, 0.1) is 16.0 Å². The number of carbonyl (C=O) groups is 1. The number of carbonyl (C=O) groups excluding carboxylic acids is 1. The number of ether oxygens (including phenoxy) is 1. The highest BCUT2D eigenvalue weighted by Crippen LogP contribution is 2.22. The zero-order valence-electron chi connectivity index (χ0n) is 11.1. The number of thiophene rings is 1. The van der Waals surface area contributed by atoms with Crippen LogP contribution in [0.3, 0.4) is 0 Å². The molecule has 1 N–H and O–H groups in total. The minimum atomic E-state index is -0.480. The molecule has 2 rings (SSSR count). The summed E-state index contributed by atoms with van der Waals surface area (Å²) in [6.45, 7) is -0.182. The van der Waals surface area contributed by atoms with E-state index < -0.39 is 10.8 Å². The normalized spacial score (nSPS) is 10.6. The molecular formula is C13H10BrN3O4S. The average molecular weight is 384 g/mol.